The molecule has 8 atom stereocenters. The Kier molecular flexibility index (Phi) is 24.1. The first kappa shape index (κ1) is 57.1. The smallest absolute Gasteiger partial charge is 0.245 e. The van der Waals surface area contributed by atoms with Crippen LogP contribution in [0.25, 0.3) is 0 Å². The molecule has 21 heteroatoms. The van der Waals surface area contributed by atoms with Crippen LogP contribution in [0.15, 0.2) is 29.3 Å². The summed E-state index contributed by atoms with van der Waals surface area (Å²) in [4.78, 5) is 113. The Morgan fingerprint density at radius 1 is 0.731 bits per heavy atom. The lowest BCUT2D eigenvalue weighted by Gasteiger charge is -2.31. The third kappa shape index (κ3) is 20.2. The van der Waals surface area contributed by atoms with Crippen LogP contribution in [-0.2, 0) is 44.8 Å². The third-order valence-corrected chi connectivity index (χ3v) is 11.4. The number of carbonyl (C=O) groups excluding carboxylic acids is 8. The van der Waals surface area contributed by atoms with E-state index in [4.69, 9.17) is 22.9 Å². The van der Waals surface area contributed by atoms with Crippen molar-refractivity contribution in [2.75, 3.05) is 19.6 Å². The van der Waals surface area contributed by atoms with Gasteiger partial charge in [0, 0.05) is 13.1 Å². The zero-order valence-corrected chi connectivity index (χ0v) is 40.6. The molecule has 67 heavy (non-hydrogen) atoms. The van der Waals surface area contributed by atoms with Crippen molar-refractivity contribution in [3.05, 3.63) is 29.8 Å². The van der Waals surface area contributed by atoms with Crippen LogP contribution in [-0.4, -0.2) is 125 Å². The second-order valence-electron chi connectivity index (χ2n) is 18.8. The van der Waals surface area contributed by atoms with Gasteiger partial charge in [0.25, 0.3) is 0 Å². The summed E-state index contributed by atoms with van der Waals surface area (Å²) in [7, 11) is 0. The van der Waals surface area contributed by atoms with Gasteiger partial charge in [-0.05, 0) is 92.7 Å². The predicted molar refractivity (Wildman–Crippen MR) is 254 cm³/mol. The fourth-order valence-corrected chi connectivity index (χ4v) is 7.67. The largest absolute Gasteiger partial charge is 0.508 e. The number of amides is 8. The van der Waals surface area contributed by atoms with Gasteiger partial charge < -0.3 is 64.8 Å². The zero-order valence-electron chi connectivity index (χ0n) is 40.6. The van der Waals surface area contributed by atoms with Crippen LogP contribution in [0.4, 0.5) is 0 Å². The van der Waals surface area contributed by atoms with Crippen LogP contribution < -0.4 is 54.8 Å². The molecule has 1 aromatic rings. The molecular weight excluding hydrogens is 865 g/mol. The van der Waals surface area contributed by atoms with Gasteiger partial charge in [0.2, 0.25) is 47.3 Å². The van der Waals surface area contributed by atoms with E-state index in [1.54, 1.807) is 19.1 Å². The molecule has 8 amide bonds. The summed E-state index contributed by atoms with van der Waals surface area (Å²) in [5.74, 6) is -5.51. The normalized spacial score (nSPS) is 16.7. The van der Waals surface area contributed by atoms with Gasteiger partial charge in [0.05, 0.1) is 12.6 Å². The third-order valence-electron chi connectivity index (χ3n) is 11.4. The van der Waals surface area contributed by atoms with Gasteiger partial charge in [-0.1, -0.05) is 73.9 Å². The highest BCUT2D eigenvalue weighted by Crippen LogP contribution is 2.21. The van der Waals surface area contributed by atoms with Gasteiger partial charge in [0.1, 0.15) is 42.0 Å². The second-order valence-corrected chi connectivity index (χ2v) is 18.8. The minimum atomic E-state index is -1.20. The van der Waals surface area contributed by atoms with E-state index in [-0.39, 0.29) is 87.0 Å². The summed E-state index contributed by atoms with van der Waals surface area (Å²) in [5.41, 5.74) is 23.5. The van der Waals surface area contributed by atoms with E-state index in [0.29, 0.717) is 24.8 Å². The topological polar surface area (TPSA) is 349 Å². The Labute approximate surface area is 394 Å². The molecule has 1 aliphatic rings. The number of nitrogens with one attached hydrogen (secondary N) is 6. The Bertz CT molecular complexity index is 1850. The number of likely N-dealkylation sites (tertiary alicyclic amines) is 1. The number of nitrogens with zero attached hydrogens (tertiary/aromatic N) is 2. The maximum Gasteiger partial charge on any atom is 0.245 e. The SMILES string of the molecule is CC[C@H](C)[C@H](NC(=O)[C@@H](N)Cc1ccc(O)cc1)C(=O)N[C@@H](CCCN=C(N)N)C(=O)N[C@@H](CC(C)C)C(=O)N1CCC[C@H]1C(=O)NCC(=O)N[C@@H](CC(C)C)C(=O)N[C@@H](CC(C)C)C(N)=O. The lowest BCUT2D eigenvalue weighted by molar-refractivity contribution is -0.142. The molecule has 15 N–H and O–H groups in total. The lowest BCUT2D eigenvalue weighted by Crippen LogP contribution is -2.60. The number of hydrogen-bond acceptors (Lipinski definition) is 11. The maximum absolute atomic E-state index is 14.3. The predicted octanol–water partition coefficient (Wildman–Crippen LogP) is -0.484. The first-order chi connectivity index (χ1) is 31.4. The fraction of sp³-hybridized carbons (Fsp3) is 0.674. The molecule has 0 saturated carbocycles. The van der Waals surface area contributed by atoms with Crippen molar-refractivity contribution in [3.63, 3.8) is 0 Å². The highest BCUT2D eigenvalue weighted by molar-refractivity contribution is 5.97. The molecule has 1 aliphatic heterocycles. The fourth-order valence-electron chi connectivity index (χ4n) is 7.67. The summed E-state index contributed by atoms with van der Waals surface area (Å²) in [6.07, 6.45) is 2.44. The van der Waals surface area contributed by atoms with Gasteiger partial charge in [-0.2, -0.15) is 0 Å². The van der Waals surface area contributed by atoms with E-state index in [2.05, 4.69) is 36.9 Å². The van der Waals surface area contributed by atoms with Gasteiger partial charge in [0.15, 0.2) is 5.96 Å². The van der Waals surface area contributed by atoms with Gasteiger partial charge in [-0.25, -0.2) is 0 Å². The standard InChI is InChI=1S/C46H78N12O9/c1-9-28(8)38(57-40(62)31(47)23-29-14-16-30(59)17-15-29)44(66)54-32(12-10-18-51-46(49)50)41(63)56-35(22-27(6)7)45(67)58-19-11-13-36(58)43(65)52-24-37(60)53-34(21-26(4)5)42(64)55-33(39(48)61)20-25(2)3/h14-17,25-28,31-36,38,59H,9-13,18-24,47H2,1-8H3,(H2,48,61)(H,52,65)(H,53,60)(H,54,66)(H,55,64)(H,56,63)(H,57,62)(H4,49,50,51)/t28-,31-,32-,33-,34-,35-,36-,38-/m0/s1. The summed E-state index contributed by atoms with van der Waals surface area (Å²) >= 11 is 0. The second kappa shape index (κ2) is 28.2. The van der Waals surface area contributed by atoms with Crippen LogP contribution in [0.3, 0.4) is 0 Å². The quantitative estimate of drug-likeness (QED) is 0.0288. The van der Waals surface area contributed by atoms with Crippen LogP contribution in [0.5, 0.6) is 5.75 Å². The number of primary amides is 1. The molecule has 0 aliphatic carbocycles. The number of aliphatic imine (C=N–C) groups is 1. The Morgan fingerprint density at radius 3 is 1.85 bits per heavy atom. The van der Waals surface area contributed by atoms with Crippen LogP contribution in [0.2, 0.25) is 0 Å². The Morgan fingerprint density at radius 2 is 1.28 bits per heavy atom. The number of hydrogen-bond donors (Lipinski definition) is 11. The number of carbonyl (C=O) groups is 8. The average Bonchev–Trinajstić information content (AvgIpc) is 3.74. The minimum absolute atomic E-state index is 0.0147. The molecule has 21 nitrogen and oxygen atoms in total. The monoisotopic (exact) mass is 943 g/mol. The number of guanidine groups is 1. The van der Waals surface area contributed by atoms with Crippen LogP contribution >= 0.6 is 0 Å². The van der Waals surface area contributed by atoms with Crippen molar-refractivity contribution in [1.29, 1.82) is 0 Å². The summed E-state index contributed by atoms with van der Waals surface area (Å²) < 4.78 is 0. The Hall–Kier alpha value is -5.99. The van der Waals surface area contributed by atoms with Gasteiger partial charge in [-0.3, -0.25) is 43.3 Å². The molecular formula is C46H78N12O9. The minimum Gasteiger partial charge on any atom is -0.508 e. The molecule has 0 unspecified atom stereocenters. The van der Waals surface area contributed by atoms with Crippen molar-refractivity contribution in [2.45, 2.75) is 155 Å². The lowest BCUT2D eigenvalue weighted by atomic mass is 9.96. The number of nitrogens with two attached hydrogens (primary N) is 4. The maximum atomic E-state index is 14.3. The van der Waals surface area contributed by atoms with Crippen molar-refractivity contribution in [3.8, 4) is 5.75 Å². The number of phenols is 1. The summed E-state index contributed by atoms with van der Waals surface area (Å²) in [6.45, 7) is 14.7. The first-order valence-electron chi connectivity index (χ1n) is 23.4. The highest BCUT2D eigenvalue weighted by Gasteiger charge is 2.39. The molecule has 0 spiro atoms. The molecule has 0 radical (unpaired) electrons. The average molecular weight is 943 g/mol. The summed E-state index contributed by atoms with van der Waals surface area (Å²) in [5, 5.41) is 25.8. The number of benzene rings is 1. The van der Waals surface area contributed by atoms with Crippen molar-refractivity contribution < 1.29 is 43.5 Å². The van der Waals surface area contributed by atoms with E-state index >= 15 is 0 Å². The van der Waals surface area contributed by atoms with Crippen molar-refractivity contribution >= 4 is 53.2 Å². The summed E-state index contributed by atoms with van der Waals surface area (Å²) in [6, 6.07) is -1.10. The molecule has 1 saturated heterocycles. The van der Waals surface area contributed by atoms with Crippen LogP contribution in [0, 0.1) is 23.7 Å². The van der Waals surface area contributed by atoms with E-state index < -0.39 is 96.1 Å². The van der Waals surface area contributed by atoms with E-state index in [9.17, 15) is 43.5 Å². The Balaban J connectivity index is 2.25. The van der Waals surface area contributed by atoms with E-state index in [1.165, 1.54) is 17.0 Å². The highest BCUT2D eigenvalue weighted by atomic mass is 16.3. The molecule has 2 rings (SSSR count). The van der Waals surface area contributed by atoms with Gasteiger partial charge >= 0.3 is 0 Å². The first-order valence-corrected chi connectivity index (χ1v) is 23.4. The number of rotatable bonds is 28. The van der Waals surface area contributed by atoms with Crippen molar-refractivity contribution in [1.82, 2.24) is 36.8 Å². The molecule has 1 heterocycles. The molecule has 1 aromatic carbocycles. The molecule has 0 aromatic heterocycles. The molecule has 0 bridgehead atoms. The van der Waals surface area contributed by atoms with Crippen molar-refractivity contribution in [2.24, 2.45) is 51.6 Å². The van der Waals surface area contributed by atoms with Crippen LogP contribution in [0.1, 0.15) is 112 Å². The van der Waals surface area contributed by atoms with E-state index in [0.717, 1.165) is 0 Å². The molecule has 1 fully saturated rings. The van der Waals surface area contributed by atoms with E-state index in [1.807, 2.05) is 48.5 Å². The zero-order chi connectivity index (χ0) is 50.5. The number of aromatic hydroxyl groups is 1. The van der Waals surface area contributed by atoms with Gasteiger partial charge in [-0.15, -0.1) is 0 Å². The molecule has 376 valence electrons. The number of phenolic OH excluding ortho intramolecular Hbond substituents is 1.